The van der Waals surface area contributed by atoms with Gasteiger partial charge in [0.25, 0.3) is 0 Å². The molecule has 0 aromatic rings. The summed E-state index contributed by atoms with van der Waals surface area (Å²) in [5.41, 5.74) is 0. The van der Waals surface area contributed by atoms with Crippen molar-refractivity contribution in [3.8, 4) is 0 Å². The number of ether oxygens (including phenoxy) is 1. The van der Waals surface area contributed by atoms with Gasteiger partial charge in [0.1, 0.15) is 0 Å². The van der Waals surface area contributed by atoms with E-state index in [4.69, 9.17) is 9.84 Å². The zero-order chi connectivity index (χ0) is 15.2. The van der Waals surface area contributed by atoms with Crippen LogP contribution < -0.4 is 5.32 Å². The molecule has 7 nitrogen and oxygen atoms in total. The Hall–Kier alpha value is -1.34. The van der Waals surface area contributed by atoms with Gasteiger partial charge >= 0.3 is 12.0 Å². The minimum absolute atomic E-state index is 0.145. The molecule has 21 heavy (non-hydrogen) atoms. The molecule has 0 saturated carbocycles. The molecule has 2 fully saturated rings. The number of urea groups is 1. The Bertz CT molecular complexity index is 371. The average Bonchev–Trinajstić information content (AvgIpc) is 2.86. The number of nitrogens with one attached hydrogen (secondary N) is 1. The average molecular weight is 299 g/mol. The monoisotopic (exact) mass is 299 g/mol. The van der Waals surface area contributed by atoms with E-state index in [2.05, 4.69) is 10.2 Å². The van der Waals surface area contributed by atoms with Crippen molar-refractivity contribution >= 4 is 12.0 Å². The summed E-state index contributed by atoms with van der Waals surface area (Å²) in [5.74, 6) is -1.26. The van der Waals surface area contributed by atoms with Crippen LogP contribution in [0.15, 0.2) is 0 Å². The Labute approximate surface area is 125 Å². The molecule has 0 spiro atoms. The largest absolute Gasteiger partial charge is 0.481 e. The first-order chi connectivity index (χ1) is 10.1. The van der Waals surface area contributed by atoms with E-state index < -0.39 is 11.9 Å². The van der Waals surface area contributed by atoms with Crippen molar-refractivity contribution in [3.63, 3.8) is 0 Å². The van der Waals surface area contributed by atoms with Crippen LogP contribution in [0, 0.1) is 5.92 Å². The fraction of sp³-hybridized carbons (Fsp3) is 0.857. The second kappa shape index (κ2) is 7.61. The van der Waals surface area contributed by atoms with Crippen molar-refractivity contribution in [2.75, 3.05) is 45.9 Å². The van der Waals surface area contributed by atoms with E-state index in [0.29, 0.717) is 19.5 Å². The Morgan fingerprint density at radius 1 is 1.29 bits per heavy atom. The SMILES string of the molecule is CC1C(C(=O)O)CCN1C(=O)NCCCN1CCOCC1. The maximum Gasteiger partial charge on any atom is 0.317 e. The van der Waals surface area contributed by atoms with E-state index in [1.807, 2.05) is 0 Å². The molecule has 2 unspecified atom stereocenters. The smallest absolute Gasteiger partial charge is 0.317 e. The Kier molecular flexibility index (Phi) is 5.81. The summed E-state index contributed by atoms with van der Waals surface area (Å²) in [7, 11) is 0. The van der Waals surface area contributed by atoms with Crippen LogP contribution in [-0.2, 0) is 9.53 Å². The van der Waals surface area contributed by atoms with E-state index in [-0.39, 0.29) is 12.1 Å². The molecule has 2 aliphatic rings. The maximum atomic E-state index is 12.1. The summed E-state index contributed by atoms with van der Waals surface area (Å²) in [5, 5.41) is 12.0. The molecule has 2 heterocycles. The van der Waals surface area contributed by atoms with E-state index >= 15 is 0 Å². The third kappa shape index (κ3) is 4.31. The number of hydrogen-bond donors (Lipinski definition) is 2. The number of carboxylic acid groups (broad SMARTS) is 1. The van der Waals surface area contributed by atoms with Gasteiger partial charge in [-0.1, -0.05) is 0 Å². The molecule has 2 saturated heterocycles. The third-order valence-electron chi connectivity index (χ3n) is 4.36. The minimum Gasteiger partial charge on any atom is -0.481 e. The van der Waals surface area contributed by atoms with Crippen LogP contribution in [0.4, 0.5) is 4.79 Å². The van der Waals surface area contributed by atoms with Crippen molar-refractivity contribution in [2.45, 2.75) is 25.8 Å². The Morgan fingerprint density at radius 2 is 2.00 bits per heavy atom. The highest BCUT2D eigenvalue weighted by atomic mass is 16.5. The number of hydrogen-bond acceptors (Lipinski definition) is 4. The first kappa shape index (κ1) is 16.0. The zero-order valence-corrected chi connectivity index (χ0v) is 12.6. The molecule has 120 valence electrons. The first-order valence-electron chi connectivity index (χ1n) is 7.67. The van der Waals surface area contributed by atoms with E-state index in [1.54, 1.807) is 11.8 Å². The van der Waals surface area contributed by atoms with Crippen LogP contribution in [0.3, 0.4) is 0 Å². The standard InChI is InChI=1S/C14H25N3O4/c1-11-12(13(18)19)3-6-17(11)14(20)15-4-2-5-16-7-9-21-10-8-16/h11-12H,2-10H2,1H3,(H,15,20)(H,18,19). The topological polar surface area (TPSA) is 82.1 Å². The molecule has 0 aromatic heterocycles. The van der Waals surface area contributed by atoms with Gasteiger partial charge in [-0.2, -0.15) is 0 Å². The summed E-state index contributed by atoms with van der Waals surface area (Å²) < 4.78 is 5.29. The lowest BCUT2D eigenvalue weighted by Gasteiger charge is -2.27. The summed E-state index contributed by atoms with van der Waals surface area (Å²) in [4.78, 5) is 27.1. The van der Waals surface area contributed by atoms with Crippen LogP contribution in [0.2, 0.25) is 0 Å². The number of aliphatic carboxylic acids is 1. The number of amides is 2. The van der Waals surface area contributed by atoms with Crippen molar-refractivity contribution in [1.29, 1.82) is 0 Å². The highest BCUT2D eigenvalue weighted by Gasteiger charge is 2.37. The third-order valence-corrected chi connectivity index (χ3v) is 4.36. The van der Waals surface area contributed by atoms with Crippen molar-refractivity contribution < 1.29 is 19.4 Å². The fourth-order valence-electron chi connectivity index (χ4n) is 2.98. The number of carbonyl (C=O) groups is 2. The lowest BCUT2D eigenvalue weighted by atomic mass is 10.0. The summed E-state index contributed by atoms with van der Waals surface area (Å²) in [6.07, 6.45) is 1.44. The van der Waals surface area contributed by atoms with E-state index in [9.17, 15) is 9.59 Å². The molecule has 2 amide bonds. The molecule has 0 aliphatic carbocycles. The number of likely N-dealkylation sites (tertiary alicyclic amines) is 1. The van der Waals surface area contributed by atoms with E-state index in [1.165, 1.54) is 0 Å². The van der Waals surface area contributed by atoms with Gasteiger partial charge in [0.2, 0.25) is 0 Å². The molecule has 7 heteroatoms. The second-order valence-electron chi connectivity index (χ2n) is 5.71. The van der Waals surface area contributed by atoms with Gasteiger partial charge in [-0.25, -0.2) is 4.79 Å². The summed E-state index contributed by atoms with van der Waals surface area (Å²) in [6.45, 7) is 7.39. The van der Waals surface area contributed by atoms with Crippen LogP contribution in [-0.4, -0.2) is 78.9 Å². The van der Waals surface area contributed by atoms with Gasteiger partial charge in [-0.15, -0.1) is 0 Å². The molecule has 2 N–H and O–H groups in total. The molecule has 0 aromatic carbocycles. The molecular weight excluding hydrogens is 274 g/mol. The predicted octanol–water partition coefficient (Wildman–Crippen LogP) is 0.213. The number of nitrogens with zero attached hydrogens (tertiary/aromatic N) is 2. The van der Waals surface area contributed by atoms with Crippen LogP contribution in [0.1, 0.15) is 19.8 Å². The van der Waals surface area contributed by atoms with Gasteiger partial charge in [0.05, 0.1) is 19.1 Å². The maximum absolute atomic E-state index is 12.1. The number of morpholine rings is 1. The fourth-order valence-corrected chi connectivity index (χ4v) is 2.98. The van der Waals surface area contributed by atoms with Crippen LogP contribution in [0.25, 0.3) is 0 Å². The summed E-state index contributed by atoms with van der Waals surface area (Å²) >= 11 is 0. The van der Waals surface area contributed by atoms with Crippen molar-refractivity contribution in [1.82, 2.24) is 15.1 Å². The Balaban J connectivity index is 1.64. The van der Waals surface area contributed by atoms with Gasteiger partial charge in [-0.3, -0.25) is 9.69 Å². The minimum atomic E-state index is -0.815. The quantitative estimate of drug-likeness (QED) is 0.709. The number of rotatable bonds is 5. The van der Waals surface area contributed by atoms with Crippen LogP contribution >= 0.6 is 0 Å². The highest BCUT2D eigenvalue weighted by molar-refractivity contribution is 5.78. The van der Waals surface area contributed by atoms with Crippen molar-refractivity contribution in [3.05, 3.63) is 0 Å². The van der Waals surface area contributed by atoms with Crippen molar-refractivity contribution in [2.24, 2.45) is 5.92 Å². The number of carbonyl (C=O) groups excluding carboxylic acids is 1. The van der Waals surface area contributed by atoms with E-state index in [0.717, 1.165) is 39.3 Å². The number of carboxylic acids is 1. The van der Waals surface area contributed by atoms with Gasteiger partial charge in [0, 0.05) is 32.2 Å². The lowest BCUT2D eigenvalue weighted by molar-refractivity contribution is -0.142. The molecule has 2 rings (SSSR count). The van der Waals surface area contributed by atoms with Crippen LogP contribution in [0.5, 0.6) is 0 Å². The molecule has 0 bridgehead atoms. The van der Waals surface area contributed by atoms with Gasteiger partial charge < -0.3 is 20.1 Å². The molecule has 2 aliphatic heterocycles. The van der Waals surface area contributed by atoms with Gasteiger partial charge in [0.15, 0.2) is 0 Å². The molecule has 0 radical (unpaired) electrons. The predicted molar refractivity (Wildman–Crippen MR) is 77.2 cm³/mol. The summed E-state index contributed by atoms with van der Waals surface area (Å²) in [6, 6.07) is -0.380. The molecular formula is C14H25N3O4. The second-order valence-corrected chi connectivity index (χ2v) is 5.71. The normalized spacial score (nSPS) is 26.8. The zero-order valence-electron chi connectivity index (χ0n) is 12.6. The molecule has 2 atom stereocenters. The Morgan fingerprint density at radius 3 is 2.62 bits per heavy atom. The lowest BCUT2D eigenvalue weighted by Crippen LogP contribution is -2.44. The first-order valence-corrected chi connectivity index (χ1v) is 7.67. The van der Waals surface area contributed by atoms with Gasteiger partial charge in [-0.05, 0) is 26.3 Å². The highest BCUT2D eigenvalue weighted by Crippen LogP contribution is 2.24.